The Morgan fingerprint density at radius 1 is 1.33 bits per heavy atom. The van der Waals surface area contributed by atoms with Crippen LogP contribution in [0.4, 0.5) is 0 Å². The van der Waals surface area contributed by atoms with E-state index in [1.165, 1.54) is 0 Å². The molecule has 2 atom stereocenters. The van der Waals surface area contributed by atoms with E-state index in [9.17, 15) is 9.90 Å². The van der Waals surface area contributed by atoms with Crippen LogP contribution in [0.1, 0.15) is 45.4 Å². The number of hydrogen-bond acceptors (Lipinski definition) is 3. The van der Waals surface area contributed by atoms with Crippen LogP contribution in [-0.2, 0) is 4.79 Å². The topological polar surface area (TPSA) is 66.6 Å². The Morgan fingerprint density at radius 3 is 2.33 bits per heavy atom. The van der Waals surface area contributed by atoms with Gasteiger partial charge in [0.15, 0.2) is 0 Å². The highest BCUT2D eigenvalue weighted by molar-refractivity contribution is 5.85. The van der Waals surface area contributed by atoms with Gasteiger partial charge in [-0.15, -0.1) is 0 Å². The normalized spacial score (nSPS) is 46.9. The van der Waals surface area contributed by atoms with Crippen molar-refractivity contribution in [2.45, 2.75) is 63.6 Å². The van der Waals surface area contributed by atoms with E-state index in [-0.39, 0.29) is 29.5 Å². The predicted octanol–water partition coefficient (Wildman–Crippen LogP) is 0.876. The van der Waals surface area contributed by atoms with Crippen molar-refractivity contribution in [1.29, 1.82) is 0 Å². The van der Waals surface area contributed by atoms with E-state index in [1.54, 1.807) is 0 Å². The molecule has 3 aliphatic rings. The lowest BCUT2D eigenvalue weighted by atomic mass is 9.61. The number of aliphatic hydroxyl groups excluding tert-OH is 1. The maximum Gasteiger partial charge on any atom is 0.230 e. The number of aliphatic hydroxyl groups is 1. The van der Waals surface area contributed by atoms with E-state index in [2.05, 4.69) is 11.8 Å². The molecule has 3 fully saturated rings. The summed E-state index contributed by atoms with van der Waals surface area (Å²) in [5.41, 5.74) is 5.61. The molecule has 1 saturated carbocycles. The first-order chi connectivity index (χ1) is 8.55. The first-order valence-corrected chi connectivity index (χ1v) is 7.26. The van der Waals surface area contributed by atoms with Crippen molar-refractivity contribution in [2.24, 2.45) is 17.1 Å². The van der Waals surface area contributed by atoms with Gasteiger partial charge < -0.3 is 15.7 Å². The minimum Gasteiger partial charge on any atom is -0.393 e. The highest BCUT2D eigenvalue weighted by Gasteiger charge is 2.53. The maximum atomic E-state index is 12.8. The molecule has 2 heterocycles. The van der Waals surface area contributed by atoms with Crippen LogP contribution >= 0.6 is 0 Å². The van der Waals surface area contributed by atoms with E-state index in [0.29, 0.717) is 12.5 Å². The highest BCUT2D eigenvalue weighted by atomic mass is 16.3. The fourth-order valence-electron chi connectivity index (χ4n) is 4.46. The van der Waals surface area contributed by atoms with Gasteiger partial charge in [0.1, 0.15) is 0 Å². The Labute approximate surface area is 109 Å². The number of rotatable bonds is 2. The van der Waals surface area contributed by atoms with E-state index in [4.69, 9.17) is 5.73 Å². The van der Waals surface area contributed by atoms with Crippen LogP contribution in [0.15, 0.2) is 0 Å². The van der Waals surface area contributed by atoms with Crippen molar-refractivity contribution >= 4 is 5.91 Å². The lowest BCUT2D eigenvalue weighted by Gasteiger charge is -2.49. The summed E-state index contributed by atoms with van der Waals surface area (Å²) in [6, 6.07) is 0.538. The SMILES string of the molecule is CC1CC(CN)(C(=O)N2C3CCC2CC(O)C3)C1. The summed E-state index contributed by atoms with van der Waals surface area (Å²) < 4.78 is 0. The number of nitrogens with two attached hydrogens (primary N) is 1. The molecule has 0 spiro atoms. The predicted molar refractivity (Wildman–Crippen MR) is 68.8 cm³/mol. The third kappa shape index (κ3) is 1.69. The van der Waals surface area contributed by atoms with E-state index < -0.39 is 0 Å². The summed E-state index contributed by atoms with van der Waals surface area (Å²) in [5.74, 6) is 0.910. The van der Waals surface area contributed by atoms with E-state index in [1.807, 2.05) is 0 Å². The molecule has 2 aliphatic heterocycles. The van der Waals surface area contributed by atoms with Crippen LogP contribution < -0.4 is 5.73 Å². The molecule has 3 N–H and O–H groups in total. The van der Waals surface area contributed by atoms with Gasteiger partial charge in [0.05, 0.1) is 11.5 Å². The second-order valence-corrected chi connectivity index (χ2v) is 6.72. The average molecular weight is 252 g/mol. The van der Waals surface area contributed by atoms with Crippen molar-refractivity contribution in [1.82, 2.24) is 4.90 Å². The van der Waals surface area contributed by atoms with Crippen LogP contribution in [0.2, 0.25) is 0 Å². The highest BCUT2D eigenvalue weighted by Crippen LogP contribution is 2.49. The van der Waals surface area contributed by atoms with Gasteiger partial charge in [-0.2, -0.15) is 0 Å². The number of carbonyl (C=O) groups is 1. The zero-order valence-corrected chi connectivity index (χ0v) is 11.1. The second kappa shape index (κ2) is 4.20. The number of amides is 1. The third-order valence-corrected chi connectivity index (χ3v) is 5.27. The summed E-state index contributed by atoms with van der Waals surface area (Å²) in [7, 11) is 0. The summed E-state index contributed by atoms with van der Waals surface area (Å²) >= 11 is 0. The molecule has 1 amide bonds. The van der Waals surface area contributed by atoms with Gasteiger partial charge in [-0.25, -0.2) is 0 Å². The zero-order valence-electron chi connectivity index (χ0n) is 11.1. The summed E-state index contributed by atoms with van der Waals surface area (Å²) in [6.07, 6.45) is 5.33. The standard InChI is InChI=1S/C14H24N2O2/c1-9-6-14(7-9,8-15)13(18)16-10-2-3-11(16)5-12(17)4-10/h9-12,17H,2-8,15H2,1H3. The minimum atomic E-state index is -0.275. The van der Waals surface area contributed by atoms with Gasteiger partial charge in [0, 0.05) is 18.6 Å². The van der Waals surface area contributed by atoms with Crippen molar-refractivity contribution in [3.8, 4) is 0 Å². The molecule has 0 aromatic rings. The van der Waals surface area contributed by atoms with E-state index >= 15 is 0 Å². The minimum absolute atomic E-state index is 0.208. The van der Waals surface area contributed by atoms with Gasteiger partial charge in [0.25, 0.3) is 0 Å². The average Bonchev–Trinajstić information content (AvgIpc) is 2.56. The molecule has 0 aromatic carbocycles. The van der Waals surface area contributed by atoms with Gasteiger partial charge >= 0.3 is 0 Å². The van der Waals surface area contributed by atoms with Crippen LogP contribution in [0.3, 0.4) is 0 Å². The van der Waals surface area contributed by atoms with Crippen LogP contribution in [0.25, 0.3) is 0 Å². The first kappa shape index (κ1) is 12.4. The quantitative estimate of drug-likeness (QED) is 0.766. The number of hydrogen-bond donors (Lipinski definition) is 2. The molecule has 4 heteroatoms. The smallest absolute Gasteiger partial charge is 0.230 e. The molecule has 0 radical (unpaired) electrons. The van der Waals surface area contributed by atoms with Crippen molar-refractivity contribution in [3.63, 3.8) is 0 Å². The third-order valence-electron chi connectivity index (χ3n) is 5.27. The molecule has 102 valence electrons. The largest absolute Gasteiger partial charge is 0.393 e. The van der Waals surface area contributed by atoms with Crippen LogP contribution in [-0.4, -0.2) is 40.6 Å². The Hall–Kier alpha value is -0.610. The fourth-order valence-corrected chi connectivity index (χ4v) is 4.46. The molecule has 2 bridgehead atoms. The zero-order chi connectivity index (χ0) is 12.9. The Kier molecular flexibility index (Phi) is 2.90. The second-order valence-electron chi connectivity index (χ2n) is 6.72. The van der Waals surface area contributed by atoms with Gasteiger partial charge in [-0.05, 0) is 44.4 Å². The number of piperidine rings is 1. The lowest BCUT2D eigenvalue weighted by molar-refractivity contribution is -0.156. The van der Waals surface area contributed by atoms with E-state index in [0.717, 1.165) is 38.5 Å². The van der Waals surface area contributed by atoms with Crippen molar-refractivity contribution in [2.75, 3.05) is 6.54 Å². The summed E-state index contributed by atoms with van der Waals surface area (Å²) in [5, 5.41) is 9.80. The summed E-state index contributed by atoms with van der Waals surface area (Å²) in [4.78, 5) is 14.9. The molecular weight excluding hydrogens is 228 g/mol. The van der Waals surface area contributed by atoms with Crippen LogP contribution in [0.5, 0.6) is 0 Å². The van der Waals surface area contributed by atoms with Gasteiger partial charge in [-0.1, -0.05) is 6.92 Å². The molecule has 18 heavy (non-hydrogen) atoms. The van der Waals surface area contributed by atoms with Crippen LogP contribution in [0, 0.1) is 11.3 Å². The Morgan fingerprint density at radius 2 is 1.89 bits per heavy atom. The monoisotopic (exact) mass is 252 g/mol. The number of fused-ring (bicyclic) bond motifs is 2. The molecule has 4 nitrogen and oxygen atoms in total. The Bertz CT molecular complexity index is 338. The van der Waals surface area contributed by atoms with Gasteiger partial charge in [-0.3, -0.25) is 4.79 Å². The first-order valence-electron chi connectivity index (χ1n) is 7.26. The number of carbonyl (C=O) groups excluding carboxylic acids is 1. The molecular formula is C14H24N2O2. The Balaban J connectivity index is 1.77. The molecule has 2 unspecified atom stereocenters. The van der Waals surface area contributed by atoms with Crippen molar-refractivity contribution in [3.05, 3.63) is 0 Å². The number of nitrogens with zero attached hydrogens (tertiary/aromatic N) is 1. The van der Waals surface area contributed by atoms with Gasteiger partial charge in [0.2, 0.25) is 5.91 Å². The molecule has 0 aromatic heterocycles. The summed E-state index contributed by atoms with van der Waals surface area (Å²) in [6.45, 7) is 2.67. The molecule has 2 saturated heterocycles. The lowest BCUT2D eigenvalue weighted by Crippen LogP contribution is -2.59. The maximum absolute atomic E-state index is 12.8. The van der Waals surface area contributed by atoms with Crippen molar-refractivity contribution < 1.29 is 9.90 Å². The fraction of sp³-hybridized carbons (Fsp3) is 0.929. The molecule has 1 aliphatic carbocycles. The molecule has 3 rings (SSSR count).